The van der Waals surface area contributed by atoms with Crippen molar-refractivity contribution < 1.29 is 0 Å². The summed E-state index contributed by atoms with van der Waals surface area (Å²) in [5, 5.41) is 13.2. The lowest BCUT2D eigenvalue weighted by Crippen LogP contribution is -2.26. The second kappa shape index (κ2) is 5.52. The third-order valence-electron chi connectivity index (χ3n) is 3.71. The van der Waals surface area contributed by atoms with Crippen molar-refractivity contribution in [2.24, 2.45) is 0 Å². The number of fused-ring (bicyclic) bond motifs is 1. The van der Waals surface area contributed by atoms with Crippen molar-refractivity contribution in [3.05, 3.63) is 42.2 Å². The number of hydrogen-bond donors (Lipinski definition) is 0. The normalized spacial score (nSPS) is 11.0. The van der Waals surface area contributed by atoms with E-state index in [9.17, 15) is 0 Å². The molecule has 1 aromatic carbocycles. The molecule has 3 aromatic rings. The van der Waals surface area contributed by atoms with Gasteiger partial charge in [0.15, 0.2) is 11.5 Å². The highest BCUT2D eigenvalue weighted by Crippen LogP contribution is 2.26. The lowest BCUT2D eigenvalue weighted by molar-refractivity contribution is 0.769. The predicted octanol–water partition coefficient (Wildman–Crippen LogP) is 2.95. The van der Waals surface area contributed by atoms with E-state index in [-0.39, 0.29) is 0 Å². The highest BCUT2D eigenvalue weighted by molar-refractivity contribution is 5.77. The second-order valence-electron chi connectivity index (χ2n) is 4.94. The molecule has 0 fully saturated rings. The molecule has 0 atom stereocenters. The fourth-order valence-electron chi connectivity index (χ4n) is 2.62. The first-order chi connectivity index (χ1) is 10.3. The van der Waals surface area contributed by atoms with Crippen LogP contribution in [-0.2, 0) is 0 Å². The van der Waals surface area contributed by atoms with Gasteiger partial charge in [0.05, 0.1) is 6.20 Å². The van der Waals surface area contributed by atoms with E-state index in [1.165, 1.54) is 0 Å². The first-order valence-corrected chi connectivity index (χ1v) is 7.27. The Morgan fingerprint density at radius 1 is 1.05 bits per heavy atom. The number of anilines is 1. The third-order valence-corrected chi connectivity index (χ3v) is 3.71. The van der Waals surface area contributed by atoms with Gasteiger partial charge in [-0.1, -0.05) is 30.3 Å². The van der Waals surface area contributed by atoms with Gasteiger partial charge in [-0.15, -0.1) is 10.2 Å². The zero-order valence-electron chi connectivity index (χ0n) is 12.6. The van der Waals surface area contributed by atoms with E-state index >= 15 is 0 Å². The van der Waals surface area contributed by atoms with E-state index in [4.69, 9.17) is 0 Å². The maximum Gasteiger partial charge on any atom is 0.187 e. The zero-order valence-corrected chi connectivity index (χ0v) is 12.6. The summed E-state index contributed by atoms with van der Waals surface area (Å²) in [5.41, 5.74) is 3.82. The van der Waals surface area contributed by atoms with Gasteiger partial charge in [0.25, 0.3) is 0 Å². The highest BCUT2D eigenvalue weighted by atomic mass is 15.4. The number of aryl methyl sites for hydroxylation is 1. The molecular formula is C16H19N5. The van der Waals surface area contributed by atoms with Gasteiger partial charge in [-0.25, -0.2) is 0 Å². The van der Waals surface area contributed by atoms with Crippen molar-refractivity contribution in [2.45, 2.75) is 20.8 Å². The molecule has 2 aromatic heterocycles. The fraction of sp³-hybridized carbons (Fsp3) is 0.312. The van der Waals surface area contributed by atoms with E-state index < -0.39 is 0 Å². The lowest BCUT2D eigenvalue weighted by atomic mass is 10.1. The molecule has 5 nitrogen and oxygen atoms in total. The fourth-order valence-corrected chi connectivity index (χ4v) is 2.62. The topological polar surface area (TPSA) is 46.3 Å². The first kappa shape index (κ1) is 13.5. The summed E-state index contributed by atoms with van der Waals surface area (Å²) >= 11 is 0. The van der Waals surface area contributed by atoms with E-state index in [2.05, 4.69) is 46.2 Å². The van der Waals surface area contributed by atoms with Crippen LogP contribution in [0.4, 0.5) is 5.82 Å². The molecule has 0 bridgehead atoms. The molecule has 0 aliphatic heterocycles. The van der Waals surface area contributed by atoms with E-state index in [1.807, 2.05) is 35.8 Å². The third kappa shape index (κ3) is 2.24. The van der Waals surface area contributed by atoms with Crippen LogP contribution in [0.5, 0.6) is 0 Å². The summed E-state index contributed by atoms with van der Waals surface area (Å²) in [4.78, 5) is 2.25. The quantitative estimate of drug-likeness (QED) is 0.737. The Hall–Kier alpha value is -2.43. The van der Waals surface area contributed by atoms with Gasteiger partial charge >= 0.3 is 0 Å². The average Bonchev–Trinajstić information content (AvgIpc) is 2.95. The molecule has 0 amide bonds. The minimum Gasteiger partial charge on any atom is -0.355 e. The number of hydrogen-bond acceptors (Lipinski definition) is 4. The molecule has 0 aliphatic rings. The zero-order chi connectivity index (χ0) is 14.8. The molecule has 21 heavy (non-hydrogen) atoms. The maximum atomic E-state index is 4.55. The van der Waals surface area contributed by atoms with Crippen molar-refractivity contribution in [1.82, 2.24) is 19.8 Å². The Morgan fingerprint density at radius 3 is 2.43 bits per heavy atom. The van der Waals surface area contributed by atoms with Gasteiger partial charge in [0.2, 0.25) is 0 Å². The molecule has 2 heterocycles. The minimum atomic E-state index is 0.800. The smallest absolute Gasteiger partial charge is 0.187 e. The van der Waals surface area contributed by atoms with Crippen LogP contribution in [-0.4, -0.2) is 32.9 Å². The molecule has 3 rings (SSSR count). The monoisotopic (exact) mass is 281 g/mol. The summed E-state index contributed by atoms with van der Waals surface area (Å²) in [6.45, 7) is 8.08. The second-order valence-corrected chi connectivity index (χ2v) is 4.94. The largest absolute Gasteiger partial charge is 0.355 e. The van der Waals surface area contributed by atoms with Crippen LogP contribution < -0.4 is 4.90 Å². The minimum absolute atomic E-state index is 0.800. The predicted molar refractivity (Wildman–Crippen MR) is 84.5 cm³/mol. The Bertz CT molecular complexity index is 744. The Labute approximate surface area is 124 Å². The summed E-state index contributed by atoms with van der Waals surface area (Å²) in [6.07, 6.45) is 1.87. The molecule has 0 N–H and O–H groups in total. The number of nitrogens with zero attached hydrogens (tertiary/aromatic N) is 5. The molecule has 0 saturated heterocycles. The molecule has 5 heteroatoms. The highest BCUT2D eigenvalue weighted by Gasteiger charge is 2.16. The molecular weight excluding hydrogens is 262 g/mol. The molecule has 0 spiro atoms. The van der Waals surface area contributed by atoms with Crippen molar-refractivity contribution in [3.63, 3.8) is 0 Å². The summed E-state index contributed by atoms with van der Waals surface area (Å²) < 4.78 is 1.90. The van der Waals surface area contributed by atoms with Crippen LogP contribution in [0.1, 0.15) is 19.5 Å². The van der Waals surface area contributed by atoms with Crippen LogP contribution in [0.15, 0.2) is 36.5 Å². The standard InChI is InChI=1S/C16H19N5/c1-4-20(5-2)16-12(3)18-19-15-14(11-17-21(15)16)13-9-7-6-8-10-13/h6-11H,4-5H2,1-3H3. The Kier molecular flexibility index (Phi) is 3.56. The first-order valence-electron chi connectivity index (χ1n) is 7.27. The van der Waals surface area contributed by atoms with E-state index in [1.54, 1.807) is 0 Å². The number of rotatable bonds is 4. The van der Waals surface area contributed by atoms with Gasteiger partial charge in [-0.2, -0.15) is 9.61 Å². The molecule has 0 aliphatic carbocycles. The van der Waals surface area contributed by atoms with Gasteiger partial charge < -0.3 is 4.90 Å². The summed E-state index contributed by atoms with van der Waals surface area (Å²) in [5.74, 6) is 1.02. The van der Waals surface area contributed by atoms with Crippen LogP contribution in [0.3, 0.4) is 0 Å². The SMILES string of the molecule is CCN(CC)c1c(C)nnc2c(-c3ccccc3)cnn12. The van der Waals surface area contributed by atoms with E-state index in [0.29, 0.717) is 0 Å². The molecule has 108 valence electrons. The summed E-state index contributed by atoms with van der Waals surface area (Å²) in [7, 11) is 0. The number of aromatic nitrogens is 4. The van der Waals surface area contributed by atoms with Gasteiger partial charge in [0.1, 0.15) is 5.69 Å². The van der Waals surface area contributed by atoms with Gasteiger partial charge in [-0.3, -0.25) is 0 Å². The Balaban J connectivity index is 2.23. The van der Waals surface area contributed by atoms with Crippen LogP contribution in [0.2, 0.25) is 0 Å². The van der Waals surface area contributed by atoms with Crippen molar-refractivity contribution in [3.8, 4) is 11.1 Å². The molecule has 0 radical (unpaired) electrons. The lowest BCUT2D eigenvalue weighted by Gasteiger charge is -2.22. The Morgan fingerprint density at radius 2 is 1.76 bits per heavy atom. The average molecular weight is 281 g/mol. The van der Waals surface area contributed by atoms with Gasteiger partial charge in [0, 0.05) is 18.7 Å². The number of benzene rings is 1. The van der Waals surface area contributed by atoms with Crippen molar-refractivity contribution in [2.75, 3.05) is 18.0 Å². The van der Waals surface area contributed by atoms with E-state index in [0.717, 1.165) is 41.4 Å². The van der Waals surface area contributed by atoms with Crippen LogP contribution in [0.25, 0.3) is 16.8 Å². The molecule has 0 saturated carbocycles. The van der Waals surface area contributed by atoms with Crippen molar-refractivity contribution in [1.29, 1.82) is 0 Å². The van der Waals surface area contributed by atoms with Gasteiger partial charge in [-0.05, 0) is 26.3 Å². The maximum absolute atomic E-state index is 4.55. The van der Waals surface area contributed by atoms with Crippen molar-refractivity contribution >= 4 is 11.5 Å². The molecule has 0 unspecified atom stereocenters. The van der Waals surface area contributed by atoms with Crippen LogP contribution in [0, 0.1) is 6.92 Å². The summed E-state index contributed by atoms with van der Waals surface area (Å²) in [6, 6.07) is 10.2. The van der Waals surface area contributed by atoms with Crippen LogP contribution >= 0.6 is 0 Å².